The molecule has 2 N–H and O–H groups in total. The number of anilines is 3. The van der Waals surface area contributed by atoms with Crippen molar-refractivity contribution in [2.75, 3.05) is 4.90 Å². The van der Waals surface area contributed by atoms with Crippen molar-refractivity contribution >= 4 is 30.4 Å². The molecule has 0 aliphatic carbocycles. The predicted molar refractivity (Wildman–Crippen MR) is 90.4 cm³/mol. The van der Waals surface area contributed by atoms with Gasteiger partial charge in [-0.15, -0.1) is 0 Å². The van der Waals surface area contributed by atoms with Crippen LogP contribution in [0.15, 0.2) is 84.9 Å². The van der Waals surface area contributed by atoms with Crippen LogP contribution < -0.4 is 10.4 Å². The molecule has 0 heterocycles. The van der Waals surface area contributed by atoms with Crippen LogP contribution in [0.1, 0.15) is 0 Å². The zero-order chi connectivity index (χ0) is 13.8. The fourth-order valence-electron chi connectivity index (χ4n) is 2.27. The van der Waals surface area contributed by atoms with Crippen molar-refractivity contribution in [3.63, 3.8) is 0 Å². The molecule has 0 unspecified atom stereocenters. The monoisotopic (exact) mass is 289 g/mol. The van der Waals surface area contributed by atoms with Crippen molar-refractivity contribution in [3.8, 4) is 0 Å². The first kappa shape index (κ1) is 17.5. The normalized spacial score (nSPS) is 9.36. The molecule has 0 bridgehead atoms. The molecule has 0 spiro atoms. The molecule has 0 saturated heterocycles. The van der Waals surface area contributed by atoms with Crippen molar-refractivity contribution in [1.29, 1.82) is 0 Å². The van der Waals surface area contributed by atoms with E-state index in [0.29, 0.717) is 0 Å². The zero-order valence-electron chi connectivity index (χ0n) is 12.0. The Hall–Kier alpha value is -2.56. The molecular weight excluding hydrogens is 273 g/mol. The van der Waals surface area contributed by atoms with Crippen LogP contribution in [-0.2, 0) is 0 Å². The summed E-state index contributed by atoms with van der Waals surface area (Å²) in [5, 5.41) is 0. The molecule has 0 saturated carbocycles. The van der Waals surface area contributed by atoms with Crippen LogP contribution in [0.25, 0.3) is 0 Å². The second-order valence-electron chi connectivity index (χ2n) is 4.60. The Bertz CT molecular complexity index is 650. The van der Waals surface area contributed by atoms with Crippen LogP contribution in [-0.4, -0.2) is 18.8 Å². The molecule has 3 nitrogen and oxygen atoms in total. The molecule has 0 radical (unpaired) electrons. The molecule has 4 heteroatoms. The van der Waals surface area contributed by atoms with Gasteiger partial charge in [0.25, 0.3) is 0 Å². The molecule has 108 valence electrons. The van der Waals surface area contributed by atoms with Crippen LogP contribution in [0.3, 0.4) is 0 Å². The zero-order valence-corrected chi connectivity index (χ0v) is 12.0. The molecule has 0 aliphatic heterocycles. The van der Waals surface area contributed by atoms with Gasteiger partial charge in [0.05, 0.1) is 0 Å². The first-order valence-electron chi connectivity index (χ1n) is 6.60. The van der Waals surface area contributed by atoms with Gasteiger partial charge in [-0.2, -0.15) is 0 Å². The van der Waals surface area contributed by atoms with Crippen LogP contribution in [0.2, 0.25) is 0 Å². The third-order valence-electron chi connectivity index (χ3n) is 3.16. The fourth-order valence-corrected chi connectivity index (χ4v) is 2.27. The Morgan fingerprint density at radius 2 is 1.00 bits per heavy atom. The van der Waals surface area contributed by atoms with Crippen LogP contribution in [0, 0.1) is 0 Å². The molecule has 22 heavy (non-hydrogen) atoms. The summed E-state index contributed by atoms with van der Waals surface area (Å²) in [5.74, 6) is 0. The van der Waals surface area contributed by atoms with Gasteiger partial charge >= 0.3 is 120 Å². The summed E-state index contributed by atoms with van der Waals surface area (Å²) < 4.78 is 0. The maximum atomic E-state index is 5.93. The minimum absolute atomic E-state index is 0. The van der Waals surface area contributed by atoms with Crippen LogP contribution in [0.5, 0.6) is 0 Å². The molecule has 3 aromatic carbocycles. The van der Waals surface area contributed by atoms with Gasteiger partial charge in [0.2, 0.25) is 0 Å². The third kappa shape index (κ3) is 3.76. The van der Waals surface area contributed by atoms with Gasteiger partial charge in [0, 0.05) is 0 Å². The Morgan fingerprint density at radius 1 is 0.545 bits per heavy atom. The van der Waals surface area contributed by atoms with Crippen LogP contribution in [0.4, 0.5) is 17.1 Å². The summed E-state index contributed by atoms with van der Waals surface area (Å²) >= 11 is 0. The Morgan fingerprint density at radius 3 is 1.45 bits per heavy atom. The van der Waals surface area contributed by atoms with E-state index in [2.05, 4.69) is 35.2 Å². The van der Waals surface area contributed by atoms with E-state index in [1.807, 2.05) is 54.6 Å². The van der Waals surface area contributed by atoms with E-state index >= 15 is 0 Å². The molecule has 0 amide bonds. The first-order chi connectivity index (χ1) is 9.84. The maximum Gasteiger partial charge on any atom is -0.870 e. The van der Waals surface area contributed by atoms with Gasteiger partial charge in [-0.25, -0.2) is 0 Å². The van der Waals surface area contributed by atoms with Gasteiger partial charge in [-0.3, -0.25) is 0 Å². The smallest absolute Gasteiger partial charge is 0.870 e. The van der Waals surface area contributed by atoms with E-state index in [0.717, 1.165) is 22.5 Å². The summed E-state index contributed by atoms with van der Waals surface area (Å²) in [4.78, 5) is 2.19. The van der Waals surface area contributed by atoms with Gasteiger partial charge in [0.15, 0.2) is 0 Å². The molecule has 3 aromatic rings. The summed E-state index contributed by atoms with van der Waals surface area (Å²) in [6, 6.07) is 28.5. The molecule has 3 rings (SSSR count). The minimum atomic E-state index is 0. The number of hydrogen-bond donors (Lipinski definition) is 0. The largest absolute Gasteiger partial charge is 0.870 e. The average molecular weight is 289 g/mol. The first-order valence-corrected chi connectivity index (χ1v) is 6.60. The van der Waals surface area contributed by atoms with Gasteiger partial charge in [-0.05, 0) is 0 Å². The quantitative estimate of drug-likeness (QED) is 0.692. The van der Waals surface area contributed by atoms with Crippen LogP contribution >= 0.6 is 0 Å². The summed E-state index contributed by atoms with van der Waals surface area (Å²) in [6.07, 6.45) is 0. The Kier molecular flexibility index (Phi) is 6.38. The van der Waals surface area contributed by atoms with Crippen molar-refractivity contribution in [1.82, 2.24) is 0 Å². The summed E-state index contributed by atoms with van der Waals surface area (Å²) in [5.41, 5.74) is 4.05. The maximum absolute atomic E-state index is 5.93. The molecule has 0 aliphatic rings. The van der Waals surface area contributed by atoms with E-state index in [-0.39, 0.29) is 11.0 Å². The topological polar surface area (TPSA) is 63.2 Å². The molecule has 0 atom stereocenters. The number of rotatable bonds is 3. The SMILES string of the molecule is [B+2]c1cccc(N(c2ccccc2)c2ccccc2)c1.[OH-].[OH-]. The number of benzene rings is 3. The summed E-state index contributed by atoms with van der Waals surface area (Å²) in [7, 11) is 5.93. The van der Waals surface area contributed by atoms with E-state index < -0.39 is 0 Å². The average Bonchev–Trinajstić information content (AvgIpc) is 2.50. The number of nitrogens with zero attached hydrogens (tertiary/aromatic N) is 1. The number of para-hydroxylation sites is 2. The molecule has 0 fully saturated rings. The van der Waals surface area contributed by atoms with Gasteiger partial charge in [0.1, 0.15) is 0 Å². The number of hydrogen-bond acceptors (Lipinski definition) is 3. The predicted octanol–water partition coefficient (Wildman–Crippen LogP) is 3.60. The molecule has 0 aromatic heterocycles. The van der Waals surface area contributed by atoms with Gasteiger partial charge in [-0.1, -0.05) is 0 Å². The van der Waals surface area contributed by atoms with E-state index in [1.165, 1.54) is 0 Å². The fraction of sp³-hybridized carbons (Fsp3) is 0. The second kappa shape index (κ2) is 8.03. The van der Waals surface area contributed by atoms with Crippen molar-refractivity contribution in [2.45, 2.75) is 0 Å². The summed E-state index contributed by atoms with van der Waals surface area (Å²) in [6.45, 7) is 0. The third-order valence-corrected chi connectivity index (χ3v) is 3.16. The van der Waals surface area contributed by atoms with E-state index in [4.69, 9.17) is 7.85 Å². The molecular formula is C18H16BNO2. The minimum Gasteiger partial charge on any atom is -0.870 e. The Balaban J connectivity index is 0.00000121. The van der Waals surface area contributed by atoms with E-state index in [9.17, 15) is 0 Å². The van der Waals surface area contributed by atoms with Gasteiger partial charge < -0.3 is 11.0 Å². The standard InChI is InChI=1S/C18H14BN.2H2O/c19-15-8-7-13-18(14-15)20(16-9-3-1-4-10-16)17-11-5-2-6-12-17;;/h1-14H;2*1H2/q+2;;/p-2. The van der Waals surface area contributed by atoms with Crippen molar-refractivity contribution in [3.05, 3.63) is 84.9 Å². The second-order valence-corrected chi connectivity index (χ2v) is 4.60. The van der Waals surface area contributed by atoms with Crippen molar-refractivity contribution in [2.24, 2.45) is 0 Å². The van der Waals surface area contributed by atoms with E-state index in [1.54, 1.807) is 0 Å². The van der Waals surface area contributed by atoms with Crippen molar-refractivity contribution < 1.29 is 11.0 Å². The Labute approximate surface area is 131 Å².